The molecule has 0 spiro atoms. The monoisotopic (exact) mass is 398 g/mol. The standard InChI is InChI=1S/C23H27FN2O3/c1-15(2)29-19-13-11-18(12-14-19)25-22(27)16-7-9-17(10-8-16)23(28)26-21-6-4-3-5-20(21)24/h3-6,11-17H,7-10H2,1-2H3,(H,25,27)(H,26,28). The number of nitrogens with one attached hydrogen (secondary N) is 2. The number of carbonyl (C=O) groups excluding carboxylic acids is 2. The number of carbonyl (C=O) groups is 2. The minimum absolute atomic E-state index is 0.0320. The fourth-order valence-corrected chi connectivity index (χ4v) is 3.55. The lowest BCUT2D eigenvalue weighted by Gasteiger charge is -2.27. The first-order valence-corrected chi connectivity index (χ1v) is 10.1. The molecule has 5 nitrogen and oxygen atoms in total. The van der Waals surface area contributed by atoms with Crippen molar-refractivity contribution in [2.45, 2.75) is 45.6 Å². The molecule has 0 unspecified atom stereocenters. The second kappa shape index (κ2) is 9.54. The summed E-state index contributed by atoms with van der Waals surface area (Å²) in [5.41, 5.74) is 0.924. The van der Waals surface area contributed by atoms with E-state index < -0.39 is 5.82 Å². The molecule has 0 saturated heterocycles. The minimum Gasteiger partial charge on any atom is -0.491 e. The summed E-state index contributed by atoms with van der Waals surface area (Å²) in [4.78, 5) is 25.0. The van der Waals surface area contributed by atoms with Crippen molar-refractivity contribution in [3.8, 4) is 5.75 Å². The molecule has 1 saturated carbocycles. The van der Waals surface area contributed by atoms with Crippen LogP contribution in [0.5, 0.6) is 5.75 Å². The van der Waals surface area contributed by atoms with E-state index in [0.29, 0.717) is 25.7 Å². The van der Waals surface area contributed by atoms with E-state index in [-0.39, 0.29) is 35.4 Å². The Morgan fingerprint density at radius 2 is 1.45 bits per heavy atom. The topological polar surface area (TPSA) is 67.4 Å². The summed E-state index contributed by atoms with van der Waals surface area (Å²) < 4.78 is 19.3. The van der Waals surface area contributed by atoms with Crippen LogP contribution in [0.2, 0.25) is 0 Å². The van der Waals surface area contributed by atoms with E-state index >= 15 is 0 Å². The van der Waals surface area contributed by atoms with Crippen LogP contribution in [-0.4, -0.2) is 17.9 Å². The van der Waals surface area contributed by atoms with Crippen molar-refractivity contribution in [3.63, 3.8) is 0 Å². The number of hydrogen-bond acceptors (Lipinski definition) is 3. The summed E-state index contributed by atoms with van der Waals surface area (Å²) >= 11 is 0. The van der Waals surface area contributed by atoms with E-state index in [4.69, 9.17) is 4.74 Å². The Kier molecular flexibility index (Phi) is 6.86. The Morgan fingerprint density at radius 3 is 2.00 bits per heavy atom. The zero-order valence-electron chi connectivity index (χ0n) is 16.8. The average molecular weight is 398 g/mol. The van der Waals surface area contributed by atoms with Gasteiger partial charge in [0.25, 0.3) is 0 Å². The molecule has 3 rings (SSSR count). The van der Waals surface area contributed by atoms with Gasteiger partial charge in [0.15, 0.2) is 0 Å². The van der Waals surface area contributed by atoms with Gasteiger partial charge in [-0.15, -0.1) is 0 Å². The molecule has 1 fully saturated rings. The van der Waals surface area contributed by atoms with Crippen molar-refractivity contribution in [3.05, 3.63) is 54.3 Å². The highest BCUT2D eigenvalue weighted by Gasteiger charge is 2.30. The number of ether oxygens (including phenoxy) is 1. The number of hydrogen-bond donors (Lipinski definition) is 2. The van der Waals surface area contributed by atoms with Crippen molar-refractivity contribution in [1.29, 1.82) is 0 Å². The van der Waals surface area contributed by atoms with Gasteiger partial charge in [0.05, 0.1) is 11.8 Å². The van der Waals surface area contributed by atoms with E-state index in [2.05, 4.69) is 10.6 Å². The van der Waals surface area contributed by atoms with E-state index in [9.17, 15) is 14.0 Å². The number of anilines is 2. The van der Waals surface area contributed by atoms with Gasteiger partial charge >= 0.3 is 0 Å². The second-order valence-corrected chi connectivity index (χ2v) is 7.70. The van der Waals surface area contributed by atoms with Crippen LogP contribution in [0.25, 0.3) is 0 Å². The SMILES string of the molecule is CC(C)Oc1ccc(NC(=O)C2CCC(C(=O)Nc3ccccc3F)CC2)cc1. The van der Waals surface area contributed by atoms with E-state index in [1.54, 1.807) is 18.2 Å². The summed E-state index contributed by atoms with van der Waals surface area (Å²) in [6.45, 7) is 3.92. The molecule has 0 aliphatic heterocycles. The number of halogens is 1. The molecule has 0 aromatic heterocycles. The third-order valence-corrected chi connectivity index (χ3v) is 5.09. The largest absolute Gasteiger partial charge is 0.491 e. The lowest BCUT2D eigenvalue weighted by Crippen LogP contribution is -2.32. The maximum Gasteiger partial charge on any atom is 0.227 e. The number of para-hydroxylation sites is 1. The summed E-state index contributed by atoms with van der Waals surface area (Å²) in [6.07, 6.45) is 2.59. The van der Waals surface area contributed by atoms with Gasteiger partial charge in [-0.05, 0) is 75.9 Å². The van der Waals surface area contributed by atoms with Gasteiger partial charge in [-0.2, -0.15) is 0 Å². The van der Waals surface area contributed by atoms with Crippen LogP contribution in [-0.2, 0) is 9.59 Å². The molecule has 154 valence electrons. The quantitative estimate of drug-likeness (QED) is 0.720. The summed E-state index contributed by atoms with van der Waals surface area (Å²) in [5, 5.41) is 5.60. The second-order valence-electron chi connectivity index (χ2n) is 7.70. The van der Waals surface area contributed by atoms with Crippen LogP contribution >= 0.6 is 0 Å². The highest BCUT2D eigenvalue weighted by atomic mass is 19.1. The van der Waals surface area contributed by atoms with Crippen LogP contribution in [0.3, 0.4) is 0 Å². The molecule has 2 N–H and O–H groups in total. The molecule has 6 heteroatoms. The number of rotatable bonds is 6. The first-order valence-electron chi connectivity index (χ1n) is 10.1. The number of benzene rings is 2. The lowest BCUT2D eigenvalue weighted by atomic mass is 9.81. The smallest absolute Gasteiger partial charge is 0.227 e. The lowest BCUT2D eigenvalue weighted by molar-refractivity contribution is -0.125. The maximum atomic E-state index is 13.7. The van der Waals surface area contributed by atoms with E-state index in [1.165, 1.54) is 6.07 Å². The summed E-state index contributed by atoms with van der Waals surface area (Å²) in [7, 11) is 0. The minimum atomic E-state index is -0.446. The molecule has 0 atom stereocenters. The van der Waals surface area contributed by atoms with Crippen molar-refractivity contribution < 1.29 is 18.7 Å². The molecule has 0 heterocycles. The maximum absolute atomic E-state index is 13.7. The molecular formula is C23H27FN2O3. The Bertz CT molecular complexity index is 843. The highest BCUT2D eigenvalue weighted by molar-refractivity contribution is 5.94. The van der Waals surface area contributed by atoms with Gasteiger partial charge in [0, 0.05) is 17.5 Å². The Hall–Kier alpha value is -2.89. The van der Waals surface area contributed by atoms with Crippen molar-refractivity contribution >= 4 is 23.2 Å². The highest BCUT2D eigenvalue weighted by Crippen LogP contribution is 2.31. The molecular weight excluding hydrogens is 371 g/mol. The molecule has 29 heavy (non-hydrogen) atoms. The Morgan fingerprint density at radius 1 is 0.897 bits per heavy atom. The first kappa shape index (κ1) is 20.8. The molecule has 2 amide bonds. The van der Waals surface area contributed by atoms with E-state index in [1.807, 2.05) is 38.1 Å². The zero-order valence-corrected chi connectivity index (χ0v) is 16.8. The third-order valence-electron chi connectivity index (χ3n) is 5.09. The van der Waals surface area contributed by atoms with Gasteiger partial charge in [-0.1, -0.05) is 12.1 Å². The normalized spacial score (nSPS) is 18.9. The predicted octanol–water partition coefficient (Wildman–Crippen LogP) is 5.00. The van der Waals surface area contributed by atoms with Crippen molar-refractivity contribution in [2.24, 2.45) is 11.8 Å². The zero-order chi connectivity index (χ0) is 20.8. The molecule has 0 radical (unpaired) electrons. The molecule has 1 aliphatic carbocycles. The first-order chi connectivity index (χ1) is 13.9. The Balaban J connectivity index is 1.48. The van der Waals surface area contributed by atoms with Gasteiger partial charge in [-0.25, -0.2) is 4.39 Å². The van der Waals surface area contributed by atoms with Gasteiger partial charge in [-0.3, -0.25) is 9.59 Å². The van der Waals surface area contributed by atoms with Crippen LogP contribution in [0.15, 0.2) is 48.5 Å². The van der Waals surface area contributed by atoms with Crippen LogP contribution < -0.4 is 15.4 Å². The van der Waals surface area contributed by atoms with Gasteiger partial charge < -0.3 is 15.4 Å². The Labute approximate surface area is 170 Å². The van der Waals surface area contributed by atoms with Crippen LogP contribution in [0.1, 0.15) is 39.5 Å². The molecule has 1 aliphatic rings. The predicted molar refractivity (Wildman–Crippen MR) is 111 cm³/mol. The van der Waals surface area contributed by atoms with Crippen molar-refractivity contribution in [2.75, 3.05) is 10.6 Å². The molecule has 2 aromatic rings. The van der Waals surface area contributed by atoms with E-state index in [0.717, 1.165) is 11.4 Å². The molecule has 2 aromatic carbocycles. The molecule has 0 bridgehead atoms. The van der Waals surface area contributed by atoms with Crippen molar-refractivity contribution in [1.82, 2.24) is 0 Å². The van der Waals surface area contributed by atoms with Crippen LogP contribution in [0, 0.1) is 17.7 Å². The average Bonchev–Trinajstić information content (AvgIpc) is 2.71. The van der Waals surface area contributed by atoms with Gasteiger partial charge in [0.2, 0.25) is 11.8 Å². The summed E-state index contributed by atoms with van der Waals surface area (Å²) in [5.74, 6) is -0.228. The van der Waals surface area contributed by atoms with Crippen LogP contribution in [0.4, 0.5) is 15.8 Å². The van der Waals surface area contributed by atoms with Gasteiger partial charge in [0.1, 0.15) is 11.6 Å². The fourth-order valence-electron chi connectivity index (χ4n) is 3.55. The fraction of sp³-hybridized carbons (Fsp3) is 0.391. The third kappa shape index (κ3) is 5.79. The summed E-state index contributed by atoms with van der Waals surface area (Å²) in [6, 6.07) is 13.4. The number of amides is 2.